The summed E-state index contributed by atoms with van der Waals surface area (Å²) >= 11 is 1.26. The van der Waals surface area contributed by atoms with E-state index >= 15 is 0 Å². The van der Waals surface area contributed by atoms with Crippen LogP contribution in [0.5, 0.6) is 0 Å². The predicted molar refractivity (Wildman–Crippen MR) is 133 cm³/mol. The van der Waals surface area contributed by atoms with Crippen LogP contribution in [0.1, 0.15) is 22.3 Å². The van der Waals surface area contributed by atoms with Gasteiger partial charge in [-0.1, -0.05) is 60.3 Å². The van der Waals surface area contributed by atoms with Crippen LogP contribution in [0.2, 0.25) is 0 Å². The van der Waals surface area contributed by atoms with Crippen molar-refractivity contribution in [2.75, 3.05) is 11.9 Å². The molecule has 7 nitrogen and oxygen atoms in total. The first-order valence-electron chi connectivity index (χ1n) is 10.8. The summed E-state index contributed by atoms with van der Waals surface area (Å²) in [5, 5.41) is 11.6. The van der Waals surface area contributed by atoms with Gasteiger partial charge in [0.25, 0.3) is 0 Å². The Labute approximate surface area is 201 Å². The Balaban J connectivity index is 1.51. The molecule has 0 aliphatic carbocycles. The number of nitrogens with one attached hydrogen (secondary N) is 1. The van der Waals surface area contributed by atoms with Crippen molar-refractivity contribution < 1.29 is 19.5 Å². The molecular formula is C26H23N3O4S. The molecule has 0 unspecified atom stereocenters. The van der Waals surface area contributed by atoms with Crippen LogP contribution in [0, 0.1) is 0 Å². The van der Waals surface area contributed by atoms with Gasteiger partial charge in [-0.3, -0.25) is 14.5 Å². The molecule has 0 spiro atoms. The minimum atomic E-state index is -1.04. The predicted octanol–water partition coefficient (Wildman–Crippen LogP) is 4.59. The van der Waals surface area contributed by atoms with Crippen LogP contribution < -0.4 is 5.32 Å². The van der Waals surface area contributed by atoms with Gasteiger partial charge in [0.2, 0.25) is 11.8 Å². The first kappa shape index (κ1) is 23.3. The summed E-state index contributed by atoms with van der Waals surface area (Å²) in [4.78, 5) is 43.4. The number of carboxylic acid groups (broad SMARTS) is 1. The van der Waals surface area contributed by atoms with Crippen LogP contribution in [0.4, 0.5) is 11.4 Å². The number of amides is 2. The summed E-state index contributed by atoms with van der Waals surface area (Å²) < 4.78 is 0. The van der Waals surface area contributed by atoms with Gasteiger partial charge in [-0.15, -0.1) is 0 Å². The van der Waals surface area contributed by atoms with Crippen LogP contribution in [0.15, 0.2) is 89.9 Å². The van der Waals surface area contributed by atoms with Crippen molar-refractivity contribution in [2.45, 2.75) is 18.1 Å². The molecule has 0 bridgehead atoms. The van der Waals surface area contributed by atoms with Crippen molar-refractivity contribution in [1.82, 2.24) is 4.90 Å². The zero-order valence-corrected chi connectivity index (χ0v) is 19.1. The molecule has 0 radical (unpaired) electrons. The fourth-order valence-corrected chi connectivity index (χ4v) is 4.60. The first-order chi connectivity index (χ1) is 16.5. The SMILES string of the molecule is O=C(O)c1ccc(NC(=O)[C@H]2CC(=O)N(CCc3ccccc3)C(=Nc3ccccc3)S2)cc1. The number of rotatable bonds is 7. The Morgan fingerprint density at radius 2 is 1.62 bits per heavy atom. The van der Waals surface area contributed by atoms with Crippen molar-refractivity contribution >= 4 is 46.1 Å². The highest BCUT2D eigenvalue weighted by atomic mass is 32.2. The number of benzene rings is 3. The lowest BCUT2D eigenvalue weighted by molar-refractivity contribution is -0.129. The third kappa shape index (κ3) is 5.90. The number of carbonyl (C=O) groups excluding carboxylic acids is 2. The van der Waals surface area contributed by atoms with E-state index in [0.717, 1.165) is 5.56 Å². The highest BCUT2D eigenvalue weighted by Crippen LogP contribution is 2.30. The van der Waals surface area contributed by atoms with Gasteiger partial charge in [0.15, 0.2) is 5.17 Å². The van der Waals surface area contributed by atoms with Crippen molar-refractivity contribution in [3.8, 4) is 0 Å². The number of hydrogen-bond donors (Lipinski definition) is 2. The van der Waals surface area contributed by atoms with Crippen LogP contribution >= 0.6 is 11.8 Å². The molecule has 0 aromatic heterocycles. The van der Waals surface area contributed by atoms with E-state index in [2.05, 4.69) is 10.3 Å². The number of carboxylic acids is 1. The second-order valence-corrected chi connectivity index (χ2v) is 8.86. The van der Waals surface area contributed by atoms with E-state index in [1.807, 2.05) is 60.7 Å². The molecule has 8 heteroatoms. The topological polar surface area (TPSA) is 99.1 Å². The summed E-state index contributed by atoms with van der Waals surface area (Å²) in [6.07, 6.45) is 0.722. The Kier molecular flexibility index (Phi) is 7.39. The maximum Gasteiger partial charge on any atom is 0.335 e. The lowest BCUT2D eigenvalue weighted by Crippen LogP contribution is -2.46. The molecule has 2 N–H and O–H groups in total. The highest BCUT2D eigenvalue weighted by molar-refractivity contribution is 8.15. The molecule has 4 rings (SSSR count). The van der Waals surface area contributed by atoms with Crippen LogP contribution in [-0.4, -0.2) is 44.8 Å². The van der Waals surface area contributed by atoms with Gasteiger partial charge < -0.3 is 10.4 Å². The number of anilines is 1. The van der Waals surface area contributed by atoms with E-state index in [1.165, 1.54) is 36.0 Å². The molecule has 3 aromatic rings. The Morgan fingerprint density at radius 3 is 2.26 bits per heavy atom. The van der Waals surface area contributed by atoms with E-state index < -0.39 is 11.2 Å². The number of carbonyl (C=O) groups is 3. The number of para-hydroxylation sites is 1. The number of thioether (sulfide) groups is 1. The van der Waals surface area contributed by atoms with Gasteiger partial charge in [0, 0.05) is 18.7 Å². The average molecular weight is 474 g/mol. The van der Waals surface area contributed by atoms with E-state index in [0.29, 0.717) is 29.5 Å². The molecule has 1 heterocycles. The van der Waals surface area contributed by atoms with E-state index in [4.69, 9.17) is 5.11 Å². The molecule has 2 amide bonds. The summed E-state index contributed by atoms with van der Waals surface area (Å²) in [5.41, 5.74) is 2.42. The second-order valence-electron chi connectivity index (χ2n) is 7.69. The van der Waals surface area contributed by atoms with Crippen molar-refractivity contribution in [2.24, 2.45) is 4.99 Å². The molecule has 3 aromatic carbocycles. The third-order valence-electron chi connectivity index (χ3n) is 5.28. The quantitative estimate of drug-likeness (QED) is 0.523. The van der Waals surface area contributed by atoms with Crippen molar-refractivity contribution in [3.05, 3.63) is 96.1 Å². The minimum absolute atomic E-state index is 0.0479. The van der Waals surface area contributed by atoms with E-state index in [1.54, 1.807) is 4.90 Å². The minimum Gasteiger partial charge on any atom is -0.478 e. The Hall–Kier alpha value is -3.91. The Morgan fingerprint density at radius 1 is 0.971 bits per heavy atom. The second kappa shape index (κ2) is 10.8. The first-order valence-corrected chi connectivity index (χ1v) is 11.7. The van der Waals surface area contributed by atoms with Gasteiger partial charge in [-0.25, -0.2) is 9.79 Å². The molecule has 34 heavy (non-hydrogen) atoms. The lowest BCUT2D eigenvalue weighted by Gasteiger charge is -2.32. The molecule has 1 atom stereocenters. The molecule has 1 aliphatic rings. The zero-order valence-electron chi connectivity index (χ0n) is 18.3. The van der Waals surface area contributed by atoms with Gasteiger partial charge in [-0.2, -0.15) is 0 Å². The Bertz CT molecular complexity index is 1200. The zero-order chi connectivity index (χ0) is 23.9. The van der Waals surface area contributed by atoms with Crippen LogP contribution in [0.25, 0.3) is 0 Å². The van der Waals surface area contributed by atoms with Gasteiger partial charge in [0.05, 0.1) is 11.3 Å². The van der Waals surface area contributed by atoms with Gasteiger partial charge in [0.1, 0.15) is 5.25 Å². The molecular weight excluding hydrogens is 450 g/mol. The summed E-state index contributed by atoms with van der Waals surface area (Å²) in [6.45, 7) is 0.465. The fourth-order valence-electron chi connectivity index (χ4n) is 3.48. The molecule has 172 valence electrons. The molecule has 1 aliphatic heterocycles. The summed E-state index contributed by atoms with van der Waals surface area (Å²) in [7, 11) is 0. The monoisotopic (exact) mass is 473 g/mol. The maximum absolute atomic E-state index is 13.1. The van der Waals surface area contributed by atoms with E-state index in [-0.39, 0.29) is 23.8 Å². The molecule has 1 fully saturated rings. The number of amidine groups is 1. The lowest BCUT2D eigenvalue weighted by atomic mass is 10.1. The summed E-state index contributed by atoms with van der Waals surface area (Å²) in [5.74, 6) is -1.53. The average Bonchev–Trinajstić information content (AvgIpc) is 2.85. The largest absolute Gasteiger partial charge is 0.478 e. The van der Waals surface area contributed by atoms with E-state index in [9.17, 15) is 14.4 Å². The smallest absolute Gasteiger partial charge is 0.335 e. The maximum atomic E-state index is 13.1. The normalized spacial score (nSPS) is 16.9. The highest BCUT2D eigenvalue weighted by Gasteiger charge is 2.35. The number of hydrogen-bond acceptors (Lipinski definition) is 5. The van der Waals surface area contributed by atoms with Gasteiger partial charge in [-0.05, 0) is 48.4 Å². The number of nitrogens with zero attached hydrogens (tertiary/aromatic N) is 2. The standard InChI is InChI=1S/C26H23N3O4S/c30-23-17-22(24(31)27-21-13-11-19(12-14-21)25(32)33)34-26(28-20-9-5-2-6-10-20)29(23)16-15-18-7-3-1-4-8-18/h1-14,22H,15-17H2,(H,27,31)(H,32,33)/t22-/m1/s1. The van der Waals surface area contributed by atoms with Crippen molar-refractivity contribution in [1.29, 1.82) is 0 Å². The summed E-state index contributed by atoms with van der Waals surface area (Å²) in [6, 6.07) is 25.1. The van der Waals surface area contributed by atoms with Gasteiger partial charge >= 0.3 is 5.97 Å². The molecule has 1 saturated heterocycles. The van der Waals surface area contributed by atoms with Crippen LogP contribution in [0.3, 0.4) is 0 Å². The third-order valence-corrected chi connectivity index (χ3v) is 6.47. The van der Waals surface area contributed by atoms with Crippen molar-refractivity contribution in [3.63, 3.8) is 0 Å². The number of aromatic carboxylic acids is 1. The fraction of sp³-hybridized carbons (Fsp3) is 0.154. The number of aliphatic imine (C=N–C) groups is 1. The van der Waals surface area contributed by atoms with Crippen LogP contribution in [-0.2, 0) is 16.0 Å². The molecule has 0 saturated carbocycles.